The summed E-state index contributed by atoms with van der Waals surface area (Å²) in [7, 11) is 0. The van der Waals surface area contributed by atoms with Crippen LogP contribution in [0.25, 0.3) is 0 Å². The average Bonchev–Trinajstić information content (AvgIpc) is 2.23. The van der Waals surface area contributed by atoms with Crippen molar-refractivity contribution < 1.29 is 14.3 Å². The number of rotatable bonds is 2. The smallest absolute Gasteiger partial charge is 0.179 e. The second-order valence-corrected chi connectivity index (χ2v) is 3.63. The minimum absolute atomic E-state index is 0.0194. The van der Waals surface area contributed by atoms with Gasteiger partial charge in [0.2, 0.25) is 0 Å². The van der Waals surface area contributed by atoms with E-state index < -0.39 is 11.9 Å². The highest BCUT2D eigenvalue weighted by atomic mass is 35.5. The molecule has 1 aliphatic rings. The Bertz CT molecular complexity index is 191. The van der Waals surface area contributed by atoms with Gasteiger partial charge in [-0.15, -0.1) is 11.6 Å². The molecule has 0 amide bonds. The largest absolute Gasteiger partial charge is 0.344 e. The first kappa shape index (κ1) is 9.96. The van der Waals surface area contributed by atoms with E-state index in [9.17, 15) is 4.79 Å². The van der Waals surface area contributed by atoms with Crippen molar-refractivity contribution in [2.75, 3.05) is 5.88 Å². The summed E-state index contributed by atoms with van der Waals surface area (Å²) >= 11 is 5.41. The van der Waals surface area contributed by atoms with Crippen LogP contribution in [-0.4, -0.2) is 29.7 Å². The zero-order chi connectivity index (χ0) is 9.35. The van der Waals surface area contributed by atoms with Crippen LogP contribution < -0.4 is 0 Å². The molecule has 1 heterocycles. The summed E-state index contributed by atoms with van der Waals surface area (Å²) < 4.78 is 10.7. The number of halogens is 1. The Balaban J connectivity index is 2.64. The van der Waals surface area contributed by atoms with Crippen molar-refractivity contribution in [3.05, 3.63) is 0 Å². The maximum Gasteiger partial charge on any atom is 0.179 e. The Morgan fingerprint density at radius 3 is 2.42 bits per heavy atom. The lowest BCUT2D eigenvalue weighted by Crippen LogP contribution is -2.30. The molecule has 0 radical (unpaired) electrons. The molecule has 0 aliphatic carbocycles. The van der Waals surface area contributed by atoms with Gasteiger partial charge in [0.15, 0.2) is 11.6 Å². The lowest BCUT2D eigenvalue weighted by molar-refractivity contribution is -0.153. The van der Waals surface area contributed by atoms with Crippen molar-refractivity contribution in [1.29, 1.82) is 0 Å². The normalized spacial score (nSPS) is 33.7. The topological polar surface area (TPSA) is 35.5 Å². The SMILES string of the molecule is C[C@@H]1OC(C)(C)OC1C(=O)CCl. The van der Waals surface area contributed by atoms with Gasteiger partial charge in [-0.2, -0.15) is 0 Å². The first-order valence-electron chi connectivity index (χ1n) is 3.90. The Kier molecular flexibility index (Phi) is 2.76. The van der Waals surface area contributed by atoms with Gasteiger partial charge in [-0.1, -0.05) is 0 Å². The van der Waals surface area contributed by atoms with Gasteiger partial charge in [-0.25, -0.2) is 0 Å². The molecule has 70 valence electrons. The standard InChI is InChI=1S/C8H13ClO3/c1-5-7(6(10)4-9)12-8(2,3)11-5/h5,7H,4H2,1-3H3/t5-,7?/m0/s1. The highest BCUT2D eigenvalue weighted by Gasteiger charge is 2.41. The summed E-state index contributed by atoms with van der Waals surface area (Å²) in [5.41, 5.74) is 0. The minimum Gasteiger partial charge on any atom is -0.344 e. The Morgan fingerprint density at radius 2 is 2.08 bits per heavy atom. The summed E-state index contributed by atoms with van der Waals surface area (Å²) in [6.45, 7) is 5.37. The maximum atomic E-state index is 11.2. The summed E-state index contributed by atoms with van der Waals surface area (Å²) in [5.74, 6) is -0.796. The molecule has 0 saturated carbocycles. The first-order valence-corrected chi connectivity index (χ1v) is 4.44. The number of hydrogen-bond donors (Lipinski definition) is 0. The average molecular weight is 193 g/mol. The summed E-state index contributed by atoms with van der Waals surface area (Å²) in [4.78, 5) is 11.2. The molecule has 0 aromatic heterocycles. The number of hydrogen-bond acceptors (Lipinski definition) is 3. The highest BCUT2D eigenvalue weighted by molar-refractivity contribution is 6.28. The number of Topliss-reactive ketones (excluding diaryl/α,β-unsaturated/α-hetero) is 1. The van der Waals surface area contributed by atoms with E-state index in [4.69, 9.17) is 21.1 Å². The molecule has 0 spiro atoms. The molecule has 4 heteroatoms. The lowest BCUT2D eigenvalue weighted by Gasteiger charge is -2.15. The quantitative estimate of drug-likeness (QED) is 0.620. The number of alkyl halides is 1. The van der Waals surface area contributed by atoms with E-state index >= 15 is 0 Å². The second-order valence-electron chi connectivity index (χ2n) is 3.36. The van der Waals surface area contributed by atoms with Gasteiger partial charge in [0.1, 0.15) is 6.10 Å². The van der Waals surface area contributed by atoms with Gasteiger partial charge in [-0.3, -0.25) is 4.79 Å². The van der Waals surface area contributed by atoms with Crippen LogP contribution in [0.4, 0.5) is 0 Å². The van der Waals surface area contributed by atoms with Crippen LogP contribution in [0.3, 0.4) is 0 Å². The van der Waals surface area contributed by atoms with Gasteiger partial charge < -0.3 is 9.47 Å². The molecular formula is C8H13ClO3. The van der Waals surface area contributed by atoms with Crippen molar-refractivity contribution in [2.24, 2.45) is 0 Å². The summed E-state index contributed by atoms with van der Waals surface area (Å²) in [5, 5.41) is 0. The van der Waals surface area contributed by atoms with E-state index in [-0.39, 0.29) is 17.8 Å². The monoisotopic (exact) mass is 192 g/mol. The fourth-order valence-electron chi connectivity index (χ4n) is 1.34. The van der Waals surface area contributed by atoms with Crippen LogP contribution in [0, 0.1) is 0 Å². The Morgan fingerprint density at radius 1 is 1.50 bits per heavy atom. The molecule has 0 N–H and O–H groups in total. The molecule has 1 fully saturated rings. The van der Waals surface area contributed by atoms with E-state index in [0.717, 1.165) is 0 Å². The van der Waals surface area contributed by atoms with Crippen LogP contribution in [0.5, 0.6) is 0 Å². The lowest BCUT2D eigenvalue weighted by atomic mass is 10.2. The fourth-order valence-corrected chi connectivity index (χ4v) is 1.49. The predicted octanol–water partition coefficient (Wildman–Crippen LogP) is 1.33. The van der Waals surface area contributed by atoms with Gasteiger partial charge in [0.25, 0.3) is 0 Å². The third-order valence-corrected chi connectivity index (χ3v) is 2.02. The van der Waals surface area contributed by atoms with E-state index in [1.807, 2.05) is 6.92 Å². The molecule has 1 saturated heterocycles. The van der Waals surface area contributed by atoms with Crippen LogP contribution >= 0.6 is 11.6 Å². The second kappa shape index (κ2) is 3.32. The number of carbonyl (C=O) groups excluding carboxylic acids is 1. The zero-order valence-electron chi connectivity index (χ0n) is 7.46. The molecule has 1 aliphatic heterocycles. The molecule has 2 atom stereocenters. The van der Waals surface area contributed by atoms with Gasteiger partial charge in [0, 0.05) is 0 Å². The van der Waals surface area contributed by atoms with Gasteiger partial charge >= 0.3 is 0 Å². The van der Waals surface area contributed by atoms with Crippen molar-refractivity contribution in [3.8, 4) is 0 Å². The number of ether oxygens (including phenoxy) is 2. The first-order chi connectivity index (χ1) is 5.46. The summed E-state index contributed by atoms with van der Waals surface area (Å²) in [6, 6.07) is 0. The molecule has 0 aromatic rings. The summed E-state index contributed by atoms with van der Waals surface area (Å²) in [6.07, 6.45) is -0.705. The van der Waals surface area contributed by atoms with E-state index in [1.54, 1.807) is 13.8 Å². The Hall–Kier alpha value is -0.120. The molecule has 3 nitrogen and oxygen atoms in total. The van der Waals surface area contributed by atoms with Crippen molar-refractivity contribution >= 4 is 17.4 Å². The number of carbonyl (C=O) groups is 1. The zero-order valence-corrected chi connectivity index (χ0v) is 8.22. The molecule has 12 heavy (non-hydrogen) atoms. The van der Waals surface area contributed by atoms with E-state index in [2.05, 4.69) is 0 Å². The fraction of sp³-hybridized carbons (Fsp3) is 0.875. The highest BCUT2D eigenvalue weighted by Crippen LogP contribution is 2.28. The van der Waals surface area contributed by atoms with Crippen LogP contribution in [0.1, 0.15) is 20.8 Å². The van der Waals surface area contributed by atoms with Crippen molar-refractivity contribution in [3.63, 3.8) is 0 Å². The molecule has 0 aromatic carbocycles. The minimum atomic E-state index is -0.661. The molecule has 0 bridgehead atoms. The third kappa shape index (κ3) is 1.97. The van der Waals surface area contributed by atoms with Crippen LogP contribution in [0.2, 0.25) is 0 Å². The van der Waals surface area contributed by atoms with Crippen molar-refractivity contribution in [2.45, 2.75) is 38.8 Å². The Labute approximate surface area is 77.0 Å². The third-order valence-electron chi connectivity index (χ3n) is 1.76. The van der Waals surface area contributed by atoms with Crippen LogP contribution in [0.15, 0.2) is 0 Å². The van der Waals surface area contributed by atoms with Gasteiger partial charge in [-0.05, 0) is 20.8 Å². The van der Waals surface area contributed by atoms with Crippen LogP contribution in [-0.2, 0) is 14.3 Å². The molecule has 1 rings (SSSR count). The van der Waals surface area contributed by atoms with E-state index in [1.165, 1.54) is 0 Å². The maximum absolute atomic E-state index is 11.2. The molecular weight excluding hydrogens is 180 g/mol. The van der Waals surface area contributed by atoms with Crippen molar-refractivity contribution in [1.82, 2.24) is 0 Å². The predicted molar refractivity (Wildman–Crippen MR) is 45.2 cm³/mol. The number of ketones is 1. The molecule has 1 unspecified atom stereocenters. The van der Waals surface area contributed by atoms with Gasteiger partial charge in [0.05, 0.1) is 12.0 Å². The van der Waals surface area contributed by atoms with E-state index in [0.29, 0.717) is 0 Å².